The minimum Gasteiger partial charge on any atom is -0.299 e. The van der Waals surface area contributed by atoms with Gasteiger partial charge in [0.2, 0.25) is 0 Å². The highest BCUT2D eigenvalue weighted by molar-refractivity contribution is 6.01. The number of nitrogens with zero attached hydrogens (tertiary/aromatic N) is 1. The molecule has 1 aromatic carbocycles. The standard InChI is InChI=1S/C16H21NO2/c1-5-11(2)17-16(14-9-7-6-8-10-14)15(12(3)18)13(4)19/h6-10,15-16H,5H2,1-4H3. The third-order valence-corrected chi connectivity index (χ3v) is 3.20. The van der Waals surface area contributed by atoms with Gasteiger partial charge in [0, 0.05) is 5.71 Å². The lowest BCUT2D eigenvalue weighted by Gasteiger charge is -2.21. The first-order valence-electron chi connectivity index (χ1n) is 6.56. The second kappa shape index (κ2) is 6.98. The molecule has 0 saturated heterocycles. The van der Waals surface area contributed by atoms with Gasteiger partial charge in [-0.15, -0.1) is 0 Å². The molecule has 3 heteroatoms. The molecule has 0 aromatic heterocycles. The fraction of sp³-hybridized carbons (Fsp3) is 0.438. The van der Waals surface area contributed by atoms with Gasteiger partial charge in [-0.2, -0.15) is 0 Å². The molecule has 0 aliphatic carbocycles. The lowest BCUT2D eigenvalue weighted by atomic mass is 9.87. The molecule has 1 aromatic rings. The quantitative estimate of drug-likeness (QED) is 0.580. The Labute approximate surface area is 114 Å². The van der Waals surface area contributed by atoms with Crippen LogP contribution in [0.2, 0.25) is 0 Å². The van der Waals surface area contributed by atoms with Crippen molar-refractivity contribution in [1.29, 1.82) is 0 Å². The van der Waals surface area contributed by atoms with Gasteiger partial charge in [0.05, 0.1) is 6.04 Å². The van der Waals surface area contributed by atoms with Crippen LogP contribution in [0.3, 0.4) is 0 Å². The van der Waals surface area contributed by atoms with Crippen molar-refractivity contribution in [3.63, 3.8) is 0 Å². The van der Waals surface area contributed by atoms with Crippen molar-refractivity contribution in [1.82, 2.24) is 0 Å². The lowest BCUT2D eigenvalue weighted by molar-refractivity contribution is -0.131. The zero-order chi connectivity index (χ0) is 14.4. The Morgan fingerprint density at radius 1 is 1.05 bits per heavy atom. The number of carbonyl (C=O) groups excluding carboxylic acids is 2. The summed E-state index contributed by atoms with van der Waals surface area (Å²) in [6, 6.07) is 9.13. The molecular formula is C16H21NO2. The number of hydrogen-bond acceptors (Lipinski definition) is 3. The summed E-state index contributed by atoms with van der Waals surface area (Å²) in [5, 5.41) is 0. The van der Waals surface area contributed by atoms with E-state index >= 15 is 0 Å². The average Bonchev–Trinajstić information content (AvgIpc) is 2.37. The van der Waals surface area contributed by atoms with E-state index in [1.54, 1.807) is 0 Å². The number of Topliss-reactive ketones (excluding diaryl/α,β-unsaturated/α-hetero) is 2. The molecule has 0 aliphatic heterocycles. The highest BCUT2D eigenvalue weighted by atomic mass is 16.1. The molecule has 0 heterocycles. The Morgan fingerprint density at radius 2 is 1.58 bits per heavy atom. The van der Waals surface area contributed by atoms with Crippen LogP contribution in [0.5, 0.6) is 0 Å². The van der Waals surface area contributed by atoms with Gasteiger partial charge in [-0.1, -0.05) is 37.3 Å². The van der Waals surface area contributed by atoms with Crippen molar-refractivity contribution in [2.75, 3.05) is 0 Å². The van der Waals surface area contributed by atoms with Crippen LogP contribution in [0.15, 0.2) is 35.3 Å². The van der Waals surface area contributed by atoms with Crippen LogP contribution in [0.4, 0.5) is 0 Å². The van der Waals surface area contributed by atoms with E-state index in [0.717, 1.165) is 17.7 Å². The first-order chi connectivity index (χ1) is 8.97. The molecule has 1 unspecified atom stereocenters. The molecule has 0 aliphatic rings. The normalized spacial score (nSPS) is 13.4. The minimum atomic E-state index is -0.691. The van der Waals surface area contributed by atoms with Crippen molar-refractivity contribution < 1.29 is 9.59 Å². The zero-order valence-corrected chi connectivity index (χ0v) is 12.0. The van der Waals surface area contributed by atoms with Crippen LogP contribution in [0, 0.1) is 5.92 Å². The smallest absolute Gasteiger partial charge is 0.142 e. The van der Waals surface area contributed by atoms with Crippen molar-refractivity contribution in [3.8, 4) is 0 Å². The summed E-state index contributed by atoms with van der Waals surface area (Å²) >= 11 is 0. The number of ketones is 2. The highest BCUT2D eigenvalue weighted by Gasteiger charge is 2.30. The van der Waals surface area contributed by atoms with Crippen molar-refractivity contribution in [3.05, 3.63) is 35.9 Å². The SMILES string of the molecule is CCC(C)=NC(c1ccccc1)C(C(C)=O)C(C)=O. The second-order valence-corrected chi connectivity index (χ2v) is 4.77. The van der Waals surface area contributed by atoms with Gasteiger partial charge < -0.3 is 0 Å². The summed E-state index contributed by atoms with van der Waals surface area (Å²) in [6.07, 6.45) is 0.811. The Balaban J connectivity index is 3.26. The van der Waals surface area contributed by atoms with Gasteiger partial charge in [0.1, 0.15) is 17.5 Å². The summed E-state index contributed by atoms with van der Waals surface area (Å²) in [7, 11) is 0. The molecule has 0 saturated carbocycles. The molecule has 1 rings (SSSR count). The van der Waals surface area contributed by atoms with Crippen LogP contribution in [-0.2, 0) is 9.59 Å². The van der Waals surface area contributed by atoms with Crippen LogP contribution in [0.1, 0.15) is 45.7 Å². The molecule has 0 N–H and O–H groups in total. The number of rotatable bonds is 6. The number of hydrogen-bond donors (Lipinski definition) is 0. The summed E-state index contributed by atoms with van der Waals surface area (Å²) in [6.45, 7) is 6.85. The van der Waals surface area contributed by atoms with Crippen LogP contribution >= 0.6 is 0 Å². The van der Waals surface area contributed by atoms with Crippen LogP contribution in [0.25, 0.3) is 0 Å². The van der Waals surface area contributed by atoms with E-state index in [1.165, 1.54) is 13.8 Å². The summed E-state index contributed by atoms with van der Waals surface area (Å²) in [5.74, 6) is -0.952. The summed E-state index contributed by atoms with van der Waals surface area (Å²) < 4.78 is 0. The van der Waals surface area contributed by atoms with E-state index < -0.39 is 12.0 Å². The fourth-order valence-corrected chi connectivity index (χ4v) is 2.05. The maximum atomic E-state index is 11.8. The van der Waals surface area contributed by atoms with E-state index in [0.29, 0.717) is 0 Å². The second-order valence-electron chi connectivity index (χ2n) is 4.77. The summed E-state index contributed by atoms with van der Waals surface area (Å²) in [5.41, 5.74) is 1.85. The maximum Gasteiger partial charge on any atom is 0.142 e. The monoisotopic (exact) mass is 259 g/mol. The maximum absolute atomic E-state index is 11.8. The van der Waals surface area contributed by atoms with E-state index in [9.17, 15) is 9.59 Å². The Bertz CT molecular complexity index is 463. The van der Waals surface area contributed by atoms with Gasteiger partial charge in [0.25, 0.3) is 0 Å². The first-order valence-corrected chi connectivity index (χ1v) is 6.56. The molecule has 3 nitrogen and oxygen atoms in total. The minimum absolute atomic E-state index is 0.131. The largest absolute Gasteiger partial charge is 0.299 e. The van der Waals surface area contributed by atoms with Gasteiger partial charge in [0.15, 0.2) is 0 Å². The Morgan fingerprint density at radius 3 is 2.00 bits per heavy atom. The molecule has 0 amide bonds. The lowest BCUT2D eigenvalue weighted by Crippen LogP contribution is -2.26. The fourth-order valence-electron chi connectivity index (χ4n) is 2.05. The molecule has 0 bridgehead atoms. The predicted molar refractivity (Wildman–Crippen MR) is 77.4 cm³/mol. The van der Waals surface area contributed by atoms with Gasteiger partial charge in [-0.3, -0.25) is 14.6 Å². The number of benzene rings is 1. The zero-order valence-electron chi connectivity index (χ0n) is 12.0. The van der Waals surface area contributed by atoms with E-state index in [-0.39, 0.29) is 11.6 Å². The third kappa shape index (κ3) is 4.12. The molecule has 0 fully saturated rings. The van der Waals surface area contributed by atoms with Gasteiger partial charge in [-0.25, -0.2) is 0 Å². The van der Waals surface area contributed by atoms with Crippen molar-refractivity contribution >= 4 is 17.3 Å². The number of aliphatic imine (C=N–C) groups is 1. The average molecular weight is 259 g/mol. The molecule has 19 heavy (non-hydrogen) atoms. The predicted octanol–water partition coefficient (Wildman–Crippen LogP) is 3.39. The first kappa shape index (κ1) is 15.3. The molecule has 0 radical (unpaired) electrons. The van der Waals surface area contributed by atoms with E-state index in [2.05, 4.69) is 4.99 Å². The molecule has 1 atom stereocenters. The molecular weight excluding hydrogens is 238 g/mol. The molecule has 102 valence electrons. The number of carbonyl (C=O) groups is 2. The summed E-state index contributed by atoms with van der Waals surface area (Å²) in [4.78, 5) is 28.1. The topological polar surface area (TPSA) is 46.5 Å². The van der Waals surface area contributed by atoms with E-state index in [1.807, 2.05) is 44.2 Å². The van der Waals surface area contributed by atoms with Gasteiger partial charge in [-0.05, 0) is 32.8 Å². The third-order valence-electron chi connectivity index (χ3n) is 3.20. The van der Waals surface area contributed by atoms with Crippen molar-refractivity contribution in [2.24, 2.45) is 10.9 Å². The van der Waals surface area contributed by atoms with E-state index in [4.69, 9.17) is 0 Å². The highest BCUT2D eigenvalue weighted by Crippen LogP contribution is 2.28. The Kier molecular flexibility index (Phi) is 5.61. The van der Waals surface area contributed by atoms with Gasteiger partial charge >= 0.3 is 0 Å². The molecule has 0 spiro atoms. The van der Waals surface area contributed by atoms with Crippen LogP contribution in [-0.4, -0.2) is 17.3 Å². The Hall–Kier alpha value is -1.77. The van der Waals surface area contributed by atoms with Crippen LogP contribution < -0.4 is 0 Å². The van der Waals surface area contributed by atoms with Crippen molar-refractivity contribution in [2.45, 2.75) is 40.2 Å².